The first-order chi connectivity index (χ1) is 36.0. The van der Waals surface area contributed by atoms with Crippen LogP contribution >= 0.6 is 0 Å². The van der Waals surface area contributed by atoms with E-state index in [0.717, 1.165) is 70.6 Å². The second-order valence-electron chi connectivity index (χ2n) is 21.3. The number of carbonyl (C=O) groups is 3. The van der Waals surface area contributed by atoms with E-state index in [-0.39, 0.29) is 31.6 Å². The Labute approximate surface area is 453 Å². The highest BCUT2D eigenvalue weighted by molar-refractivity contribution is 5.72. The number of esters is 3. The SMILES string of the molecule is CC/C=C\C/C=C\C/C=C\C/C=C\C/C=C\CC(=O)OC(COC(=O)CCCCCCCCCC)COC(=O)CCCCCCCCCCCCCCCCCCCCCCCCCCCCCCCCCC. The molecule has 0 spiro atoms. The van der Waals surface area contributed by atoms with Crippen molar-refractivity contribution in [1.29, 1.82) is 0 Å². The number of unbranched alkanes of at least 4 members (excludes halogenated alkanes) is 38. The van der Waals surface area contributed by atoms with E-state index in [0.29, 0.717) is 12.8 Å². The third kappa shape index (κ3) is 59.9. The van der Waals surface area contributed by atoms with Crippen LogP contribution in [0, 0.1) is 0 Å². The molecule has 0 fully saturated rings. The van der Waals surface area contributed by atoms with Crippen molar-refractivity contribution < 1.29 is 28.6 Å². The van der Waals surface area contributed by atoms with Gasteiger partial charge in [0.1, 0.15) is 13.2 Å². The highest BCUT2D eigenvalue weighted by Gasteiger charge is 2.19. The molecule has 0 aliphatic rings. The molecule has 0 saturated heterocycles. The van der Waals surface area contributed by atoms with Crippen molar-refractivity contribution >= 4 is 17.9 Å². The summed E-state index contributed by atoms with van der Waals surface area (Å²) in [5.74, 6) is -1.03. The van der Waals surface area contributed by atoms with Crippen molar-refractivity contribution in [3.8, 4) is 0 Å². The van der Waals surface area contributed by atoms with Gasteiger partial charge in [0.2, 0.25) is 0 Å². The Hall–Kier alpha value is -2.89. The molecule has 1 atom stereocenters. The van der Waals surface area contributed by atoms with E-state index in [2.05, 4.69) is 69.4 Å². The fourth-order valence-electron chi connectivity index (χ4n) is 9.35. The molecule has 0 radical (unpaired) electrons. The van der Waals surface area contributed by atoms with Gasteiger partial charge >= 0.3 is 17.9 Å². The van der Waals surface area contributed by atoms with Crippen LogP contribution in [-0.2, 0) is 28.6 Å². The van der Waals surface area contributed by atoms with Gasteiger partial charge in [0, 0.05) is 12.8 Å². The molecule has 6 heteroatoms. The predicted molar refractivity (Wildman–Crippen MR) is 316 cm³/mol. The average molecular weight is 1020 g/mol. The van der Waals surface area contributed by atoms with E-state index in [1.165, 1.54) is 218 Å². The number of ether oxygens (including phenoxy) is 3. The molecule has 0 aliphatic heterocycles. The van der Waals surface area contributed by atoms with E-state index in [1.807, 2.05) is 6.08 Å². The lowest BCUT2D eigenvalue weighted by molar-refractivity contribution is -0.166. The van der Waals surface area contributed by atoms with E-state index < -0.39 is 12.1 Å². The summed E-state index contributed by atoms with van der Waals surface area (Å²) in [4.78, 5) is 37.9. The van der Waals surface area contributed by atoms with Crippen LogP contribution in [0.15, 0.2) is 60.8 Å². The molecule has 0 aromatic rings. The van der Waals surface area contributed by atoms with E-state index in [1.54, 1.807) is 6.08 Å². The van der Waals surface area contributed by atoms with Gasteiger partial charge in [0.05, 0.1) is 6.42 Å². The summed E-state index contributed by atoms with van der Waals surface area (Å²) in [5.41, 5.74) is 0. The van der Waals surface area contributed by atoms with E-state index in [9.17, 15) is 14.4 Å². The molecule has 0 saturated carbocycles. The molecule has 0 aromatic carbocycles. The molecule has 0 amide bonds. The van der Waals surface area contributed by atoms with Crippen LogP contribution in [0.5, 0.6) is 0 Å². The highest BCUT2D eigenvalue weighted by atomic mass is 16.6. The monoisotopic (exact) mass is 1020 g/mol. The first kappa shape index (κ1) is 70.1. The fraction of sp³-hybridized carbons (Fsp3) is 0.806. The summed E-state index contributed by atoms with van der Waals surface area (Å²) in [7, 11) is 0. The van der Waals surface area contributed by atoms with Crippen LogP contribution < -0.4 is 0 Å². The fourth-order valence-corrected chi connectivity index (χ4v) is 9.35. The second-order valence-corrected chi connectivity index (χ2v) is 21.3. The number of hydrogen-bond acceptors (Lipinski definition) is 6. The average Bonchev–Trinajstić information content (AvgIpc) is 3.39. The van der Waals surface area contributed by atoms with Gasteiger partial charge in [-0.3, -0.25) is 14.4 Å². The van der Waals surface area contributed by atoms with Crippen LogP contribution in [0.3, 0.4) is 0 Å². The molecule has 0 rings (SSSR count). The van der Waals surface area contributed by atoms with Crippen LogP contribution in [0.4, 0.5) is 0 Å². The molecular formula is C67H120O6. The summed E-state index contributed by atoms with van der Waals surface area (Å²) < 4.78 is 16.7. The lowest BCUT2D eigenvalue weighted by Gasteiger charge is -2.18. The van der Waals surface area contributed by atoms with Crippen molar-refractivity contribution in [3.05, 3.63) is 60.8 Å². The van der Waals surface area contributed by atoms with Gasteiger partial charge in [-0.15, -0.1) is 0 Å². The molecule has 0 aromatic heterocycles. The summed E-state index contributed by atoms with van der Waals surface area (Å²) in [6, 6.07) is 0. The van der Waals surface area contributed by atoms with Crippen LogP contribution in [0.2, 0.25) is 0 Å². The number of carbonyl (C=O) groups excluding carboxylic acids is 3. The Morgan fingerprint density at radius 2 is 0.521 bits per heavy atom. The standard InChI is InChI=1S/C67H120O6/c1-4-7-10-13-16-19-21-23-25-26-27-28-29-30-31-32-33-34-35-36-37-38-39-40-41-43-44-46-48-51-54-57-60-66(69)72-63-64(62-71-65(68)59-56-53-50-18-15-12-9-6-3)73-67(70)61-58-55-52-49-47-45-42-24-22-20-17-14-11-8-5-2/h8,11,17,20,24,42,47,49,55,58,64H,4-7,9-10,12-16,18-19,21-23,25-41,43-46,48,50-54,56-57,59-63H2,1-3H3/b11-8-,20-17-,42-24-,49-47-,58-55-. The Bertz CT molecular complexity index is 1310. The highest BCUT2D eigenvalue weighted by Crippen LogP contribution is 2.18. The molecule has 0 heterocycles. The minimum atomic E-state index is -0.824. The van der Waals surface area contributed by atoms with Crippen molar-refractivity contribution in [2.24, 2.45) is 0 Å². The number of hydrogen-bond donors (Lipinski definition) is 0. The summed E-state index contributed by atoms with van der Waals surface area (Å²) in [6.07, 6.45) is 78.8. The van der Waals surface area contributed by atoms with Gasteiger partial charge in [0.25, 0.3) is 0 Å². The maximum absolute atomic E-state index is 12.7. The Morgan fingerprint density at radius 3 is 0.781 bits per heavy atom. The predicted octanol–water partition coefficient (Wildman–Crippen LogP) is 21.6. The van der Waals surface area contributed by atoms with Gasteiger partial charge in [-0.1, -0.05) is 326 Å². The number of rotatable bonds is 58. The molecule has 0 N–H and O–H groups in total. The zero-order chi connectivity index (χ0) is 52.9. The van der Waals surface area contributed by atoms with Crippen LogP contribution in [0.25, 0.3) is 0 Å². The van der Waals surface area contributed by atoms with Crippen molar-refractivity contribution in [2.75, 3.05) is 13.2 Å². The molecule has 73 heavy (non-hydrogen) atoms. The summed E-state index contributed by atoms with van der Waals surface area (Å²) >= 11 is 0. The molecule has 0 aliphatic carbocycles. The van der Waals surface area contributed by atoms with Crippen LogP contribution in [0.1, 0.15) is 329 Å². The Balaban J connectivity index is 4.04. The van der Waals surface area contributed by atoms with Gasteiger partial charge in [0.15, 0.2) is 6.10 Å². The normalized spacial score (nSPS) is 12.4. The molecular weight excluding hydrogens is 901 g/mol. The zero-order valence-electron chi connectivity index (χ0n) is 48.7. The maximum Gasteiger partial charge on any atom is 0.310 e. The summed E-state index contributed by atoms with van der Waals surface area (Å²) in [6.45, 7) is 6.45. The third-order valence-electron chi connectivity index (χ3n) is 14.1. The van der Waals surface area contributed by atoms with Gasteiger partial charge in [-0.25, -0.2) is 0 Å². The van der Waals surface area contributed by atoms with Crippen LogP contribution in [-0.4, -0.2) is 37.2 Å². The van der Waals surface area contributed by atoms with E-state index in [4.69, 9.17) is 14.2 Å². The van der Waals surface area contributed by atoms with Crippen molar-refractivity contribution in [3.63, 3.8) is 0 Å². The van der Waals surface area contributed by atoms with Crippen molar-refractivity contribution in [2.45, 2.75) is 335 Å². The first-order valence-electron chi connectivity index (χ1n) is 31.8. The topological polar surface area (TPSA) is 78.9 Å². The zero-order valence-corrected chi connectivity index (χ0v) is 48.7. The second kappa shape index (κ2) is 61.7. The largest absolute Gasteiger partial charge is 0.462 e. The Kier molecular flexibility index (Phi) is 59.2. The van der Waals surface area contributed by atoms with Crippen molar-refractivity contribution in [1.82, 2.24) is 0 Å². The Morgan fingerprint density at radius 1 is 0.288 bits per heavy atom. The minimum absolute atomic E-state index is 0.101. The molecule has 0 bridgehead atoms. The number of allylic oxidation sites excluding steroid dienone is 9. The first-order valence-corrected chi connectivity index (χ1v) is 31.8. The lowest BCUT2D eigenvalue weighted by atomic mass is 10.0. The minimum Gasteiger partial charge on any atom is -0.462 e. The molecule has 6 nitrogen and oxygen atoms in total. The van der Waals surface area contributed by atoms with Gasteiger partial charge in [-0.2, -0.15) is 0 Å². The molecule has 1 unspecified atom stereocenters. The summed E-state index contributed by atoms with van der Waals surface area (Å²) in [5, 5.41) is 0. The lowest BCUT2D eigenvalue weighted by Crippen LogP contribution is -2.30. The van der Waals surface area contributed by atoms with E-state index >= 15 is 0 Å². The van der Waals surface area contributed by atoms with Gasteiger partial charge < -0.3 is 14.2 Å². The third-order valence-corrected chi connectivity index (χ3v) is 14.1. The smallest absolute Gasteiger partial charge is 0.310 e. The maximum atomic E-state index is 12.7. The quantitative estimate of drug-likeness (QED) is 0.0261. The van der Waals surface area contributed by atoms with Gasteiger partial charge in [-0.05, 0) is 44.9 Å². The molecule has 424 valence electrons.